The summed E-state index contributed by atoms with van der Waals surface area (Å²) < 4.78 is 0. The zero-order chi connectivity index (χ0) is 20.9. The molecule has 156 valence electrons. The number of rotatable bonds is 3. The van der Waals surface area contributed by atoms with E-state index >= 15 is 0 Å². The van der Waals surface area contributed by atoms with Crippen LogP contribution in [0.4, 0.5) is 5.95 Å². The zero-order valence-electron chi connectivity index (χ0n) is 18.2. The van der Waals surface area contributed by atoms with E-state index in [0.717, 1.165) is 22.1 Å². The van der Waals surface area contributed by atoms with Gasteiger partial charge in [0.2, 0.25) is 0 Å². The van der Waals surface area contributed by atoms with E-state index < -0.39 is 0 Å². The van der Waals surface area contributed by atoms with E-state index in [1.54, 1.807) is 5.57 Å². The molecular weight excluding hydrogens is 372 g/mol. The van der Waals surface area contributed by atoms with Crippen molar-refractivity contribution in [2.45, 2.75) is 53.4 Å². The third kappa shape index (κ3) is 3.38. The number of nitrogens with one attached hydrogen (secondary N) is 2. The van der Waals surface area contributed by atoms with Gasteiger partial charge < -0.3 is 4.98 Å². The maximum atomic E-state index is 4.57. The first-order valence-electron chi connectivity index (χ1n) is 11.0. The second-order valence-corrected chi connectivity index (χ2v) is 9.84. The number of aromatic nitrogens is 4. The number of allylic oxidation sites excluding steroid dienone is 2. The Bertz CT molecular complexity index is 1160. The first-order valence-corrected chi connectivity index (χ1v) is 11.0. The van der Waals surface area contributed by atoms with Crippen LogP contribution in [0.15, 0.2) is 34.9 Å². The molecule has 0 aliphatic heterocycles. The van der Waals surface area contributed by atoms with Gasteiger partial charge in [0, 0.05) is 17.1 Å². The molecule has 1 fully saturated rings. The van der Waals surface area contributed by atoms with E-state index in [0.29, 0.717) is 29.1 Å². The van der Waals surface area contributed by atoms with E-state index in [-0.39, 0.29) is 0 Å². The van der Waals surface area contributed by atoms with E-state index in [2.05, 4.69) is 88.9 Å². The minimum absolute atomic E-state index is 0.385. The molecule has 2 aromatic heterocycles. The highest BCUT2D eigenvalue weighted by Crippen LogP contribution is 2.50. The summed E-state index contributed by atoms with van der Waals surface area (Å²) in [6.07, 6.45) is 9.42. The molecule has 3 unspecified atom stereocenters. The Kier molecular flexibility index (Phi) is 4.60. The van der Waals surface area contributed by atoms with Crippen LogP contribution in [0.5, 0.6) is 0 Å². The summed E-state index contributed by atoms with van der Waals surface area (Å²) in [4.78, 5) is 7.89. The van der Waals surface area contributed by atoms with E-state index in [9.17, 15) is 0 Å². The predicted molar refractivity (Wildman–Crippen MR) is 123 cm³/mol. The maximum absolute atomic E-state index is 4.57. The van der Waals surface area contributed by atoms with Gasteiger partial charge in [-0.1, -0.05) is 44.1 Å². The molecule has 0 saturated heterocycles. The smallest absolute Gasteiger partial charge is 0.265 e. The molecule has 2 N–H and O–H groups in total. The molecule has 1 aromatic carbocycles. The topological polar surface area (TPSA) is 78.9 Å². The Hall–Kier alpha value is -2.76. The zero-order valence-corrected chi connectivity index (χ0v) is 18.2. The van der Waals surface area contributed by atoms with Crippen LogP contribution >= 0.6 is 0 Å². The van der Waals surface area contributed by atoms with Gasteiger partial charge in [0.1, 0.15) is 5.52 Å². The Morgan fingerprint density at radius 2 is 2.13 bits per heavy atom. The fraction of sp³-hybridized carbons (Fsp3) is 0.500. The molecule has 30 heavy (non-hydrogen) atoms. The third-order valence-corrected chi connectivity index (χ3v) is 7.18. The van der Waals surface area contributed by atoms with E-state index in [4.69, 9.17) is 0 Å². The quantitative estimate of drug-likeness (QED) is 0.338. The van der Waals surface area contributed by atoms with Gasteiger partial charge in [-0.25, -0.2) is 5.43 Å². The third-order valence-electron chi connectivity index (χ3n) is 7.18. The van der Waals surface area contributed by atoms with Crippen molar-refractivity contribution in [3.8, 4) is 0 Å². The summed E-state index contributed by atoms with van der Waals surface area (Å²) in [7, 11) is 0. The van der Waals surface area contributed by atoms with Crippen LogP contribution in [-0.2, 0) is 0 Å². The van der Waals surface area contributed by atoms with E-state index in [1.165, 1.54) is 31.2 Å². The Labute approximate surface area is 177 Å². The second-order valence-electron chi connectivity index (χ2n) is 9.84. The van der Waals surface area contributed by atoms with Gasteiger partial charge in [-0.15, -0.1) is 10.2 Å². The van der Waals surface area contributed by atoms with Gasteiger partial charge >= 0.3 is 0 Å². The molecule has 5 rings (SSSR count). The molecular formula is C24H30N6. The minimum atomic E-state index is 0.385. The number of nitrogens with zero attached hydrogens (tertiary/aromatic N) is 4. The molecule has 0 amide bonds. The van der Waals surface area contributed by atoms with Crippen LogP contribution in [-0.4, -0.2) is 26.4 Å². The van der Waals surface area contributed by atoms with Crippen LogP contribution < -0.4 is 5.43 Å². The predicted octanol–water partition coefficient (Wildman–Crippen LogP) is 5.62. The number of aromatic amines is 1. The first-order chi connectivity index (χ1) is 14.4. The number of hydrogen-bond donors (Lipinski definition) is 2. The number of hydrogen-bond acceptors (Lipinski definition) is 5. The number of benzene rings is 1. The lowest BCUT2D eigenvalue weighted by molar-refractivity contribution is 0.149. The van der Waals surface area contributed by atoms with Crippen molar-refractivity contribution in [3.63, 3.8) is 0 Å². The second kappa shape index (κ2) is 7.18. The molecule has 0 bridgehead atoms. The number of hydrazone groups is 1. The summed E-state index contributed by atoms with van der Waals surface area (Å²) in [6, 6.07) is 6.24. The van der Waals surface area contributed by atoms with Gasteiger partial charge in [0.05, 0.1) is 0 Å². The van der Waals surface area contributed by atoms with Gasteiger partial charge in [-0.3, -0.25) is 0 Å². The first kappa shape index (κ1) is 19.2. The lowest BCUT2D eigenvalue weighted by atomic mass is 9.59. The van der Waals surface area contributed by atoms with Gasteiger partial charge in [0.15, 0.2) is 5.65 Å². The molecule has 0 spiro atoms. The molecule has 6 heteroatoms. The summed E-state index contributed by atoms with van der Waals surface area (Å²) in [5.41, 5.74) is 8.80. The maximum Gasteiger partial charge on any atom is 0.265 e. The lowest BCUT2D eigenvalue weighted by Gasteiger charge is -2.46. The monoisotopic (exact) mass is 402 g/mol. The standard InChI is InChI=1S/C24H30N6/c1-14-7-8-20-18(10-14)21-22(26-20)27-23(30-28-21)29-25-13-17-12-19-16(11-15(17)2)6-5-9-24(19,3)4/h6-8,10,13,15,17,19H,5,9,11-12H2,1-4H3,(H2,26,27,29,30)/b25-13+. The summed E-state index contributed by atoms with van der Waals surface area (Å²) in [6.45, 7) is 9.25. The van der Waals surface area contributed by atoms with Gasteiger partial charge in [-0.2, -0.15) is 10.1 Å². The van der Waals surface area contributed by atoms with Crippen LogP contribution in [0.3, 0.4) is 0 Å². The van der Waals surface area contributed by atoms with Crippen molar-refractivity contribution in [1.29, 1.82) is 0 Å². The highest BCUT2D eigenvalue weighted by molar-refractivity contribution is 6.03. The van der Waals surface area contributed by atoms with Crippen molar-refractivity contribution in [1.82, 2.24) is 20.2 Å². The number of fused-ring (bicyclic) bond motifs is 4. The number of H-pyrrole nitrogens is 1. The number of anilines is 1. The largest absolute Gasteiger partial charge is 0.338 e. The average Bonchev–Trinajstić information content (AvgIpc) is 3.05. The highest BCUT2D eigenvalue weighted by Gasteiger charge is 2.40. The Morgan fingerprint density at radius 3 is 3.00 bits per heavy atom. The molecule has 3 atom stereocenters. The van der Waals surface area contributed by atoms with Crippen molar-refractivity contribution in [3.05, 3.63) is 35.4 Å². The summed E-state index contributed by atoms with van der Waals surface area (Å²) in [5, 5.41) is 14.2. The summed E-state index contributed by atoms with van der Waals surface area (Å²) >= 11 is 0. The van der Waals surface area contributed by atoms with Crippen molar-refractivity contribution < 1.29 is 0 Å². The summed E-state index contributed by atoms with van der Waals surface area (Å²) in [5.74, 6) is 2.15. The SMILES string of the molecule is Cc1ccc2[nH]c3nc(N/N=C/C4CC5C(=CCCC5(C)C)CC4C)nnc3c2c1. The lowest BCUT2D eigenvalue weighted by Crippen LogP contribution is -2.36. The molecule has 2 aliphatic rings. The van der Waals surface area contributed by atoms with E-state index in [1.807, 2.05) is 0 Å². The molecule has 0 radical (unpaired) electrons. The Balaban J connectivity index is 1.33. The molecule has 1 saturated carbocycles. The number of aryl methyl sites for hydroxylation is 1. The molecule has 2 aliphatic carbocycles. The highest BCUT2D eigenvalue weighted by atomic mass is 15.4. The molecule has 6 nitrogen and oxygen atoms in total. The van der Waals surface area contributed by atoms with Gasteiger partial charge in [0.25, 0.3) is 5.95 Å². The van der Waals surface area contributed by atoms with Crippen LogP contribution in [0.1, 0.15) is 52.0 Å². The minimum Gasteiger partial charge on any atom is -0.338 e. The van der Waals surface area contributed by atoms with Crippen molar-refractivity contribution in [2.24, 2.45) is 28.3 Å². The Morgan fingerprint density at radius 1 is 1.27 bits per heavy atom. The molecule has 2 heterocycles. The normalized spacial score (nSPS) is 26.1. The van der Waals surface area contributed by atoms with Gasteiger partial charge in [-0.05, 0) is 67.9 Å². The fourth-order valence-corrected chi connectivity index (χ4v) is 5.30. The van der Waals surface area contributed by atoms with Crippen molar-refractivity contribution >= 4 is 34.2 Å². The fourth-order valence-electron chi connectivity index (χ4n) is 5.30. The van der Waals surface area contributed by atoms with Crippen LogP contribution in [0.2, 0.25) is 0 Å². The molecule has 3 aromatic rings. The van der Waals surface area contributed by atoms with Crippen LogP contribution in [0, 0.1) is 30.1 Å². The average molecular weight is 403 g/mol. The van der Waals surface area contributed by atoms with Crippen LogP contribution in [0.25, 0.3) is 22.1 Å². The van der Waals surface area contributed by atoms with Crippen molar-refractivity contribution in [2.75, 3.05) is 5.43 Å².